The fourth-order valence-electron chi connectivity index (χ4n) is 4.51. The molecule has 0 aromatic rings. The van der Waals surface area contributed by atoms with Crippen molar-refractivity contribution in [3.63, 3.8) is 0 Å². The zero-order valence-corrected chi connectivity index (χ0v) is 14.0. The van der Waals surface area contributed by atoms with Gasteiger partial charge in [-0.2, -0.15) is 11.8 Å². The highest BCUT2D eigenvalue weighted by Crippen LogP contribution is 2.31. The zero-order valence-electron chi connectivity index (χ0n) is 13.2. The van der Waals surface area contributed by atoms with Crippen LogP contribution in [-0.2, 0) is 0 Å². The van der Waals surface area contributed by atoms with E-state index < -0.39 is 0 Å². The minimum atomic E-state index is 0.782. The topological polar surface area (TPSA) is 15.3 Å². The molecule has 2 saturated heterocycles. The van der Waals surface area contributed by atoms with Gasteiger partial charge in [0.1, 0.15) is 0 Å². The van der Waals surface area contributed by atoms with Crippen molar-refractivity contribution in [3.05, 3.63) is 0 Å². The SMILES string of the molecule is CCC1CNC(C2CCCCC2)CN1C1CCCSC1. The second kappa shape index (κ2) is 7.51. The summed E-state index contributed by atoms with van der Waals surface area (Å²) in [5, 5.41) is 3.91. The van der Waals surface area contributed by atoms with Gasteiger partial charge in [0, 0.05) is 37.0 Å². The Morgan fingerprint density at radius 2 is 1.95 bits per heavy atom. The van der Waals surface area contributed by atoms with Crippen molar-refractivity contribution in [2.45, 2.75) is 76.4 Å². The molecule has 2 heterocycles. The third-order valence-corrected chi connectivity index (χ3v) is 6.99. The molecule has 3 heteroatoms. The van der Waals surface area contributed by atoms with Gasteiger partial charge < -0.3 is 5.32 Å². The Kier molecular flexibility index (Phi) is 5.70. The second-order valence-electron chi connectivity index (χ2n) is 7.04. The average Bonchev–Trinajstić information content (AvgIpc) is 2.56. The summed E-state index contributed by atoms with van der Waals surface area (Å²) < 4.78 is 0. The molecule has 0 spiro atoms. The quantitative estimate of drug-likeness (QED) is 0.858. The number of piperazine rings is 1. The first-order valence-corrected chi connectivity index (χ1v) is 10.1. The molecule has 3 rings (SSSR count). The summed E-state index contributed by atoms with van der Waals surface area (Å²) in [6.07, 6.45) is 11.6. The monoisotopic (exact) mass is 296 g/mol. The normalized spacial score (nSPS) is 38.0. The maximum atomic E-state index is 3.91. The van der Waals surface area contributed by atoms with Crippen LogP contribution in [0.5, 0.6) is 0 Å². The molecule has 0 radical (unpaired) electrons. The van der Waals surface area contributed by atoms with Crippen LogP contribution in [0.4, 0.5) is 0 Å². The van der Waals surface area contributed by atoms with Crippen LogP contribution >= 0.6 is 11.8 Å². The lowest BCUT2D eigenvalue weighted by Crippen LogP contribution is -2.62. The van der Waals surface area contributed by atoms with Crippen LogP contribution in [0.1, 0.15) is 58.3 Å². The summed E-state index contributed by atoms with van der Waals surface area (Å²) in [4.78, 5) is 2.90. The highest BCUT2D eigenvalue weighted by atomic mass is 32.2. The predicted molar refractivity (Wildman–Crippen MR) is 89.5 cm³/mol. The van der Waals surface area contributed by atoms with Crippen LogP contribution in [0.15, 0.2) is 0 Å². The molecule has 116 valence electrons. The summed E-state index contributed by atoms with van der Waals surface area (Å²) in [6.45, 7) is 4.93. The molecular weight excluding hydrogens is 264 g/mol. The van der Waals surface area contributed by atoms with Gasteiger partial charge in [-0.05, 0) is 43.8 Å². The minimum Gasteiger partial charge on any atom is -0.311 e. The van der Waals surface area contributed by atoms with Gasteiger partial charge in [-0.25, -0.2) is 0 Å². The summed E-state index contributed by atoms with van der Waals surface area (Å²) in [5.41, 5.74) is 0. The van der Waals surface area contributed by atoms with Gasteiger partial charge in [-0.1, -0.05) is 26.2 Å². The van der Waals surface area contributed by atoms with Crippen LogP contribution in [0.2, 0.25) is 0 Å². The number of hydrogen-bond donors (Lipinski definition) is 1. The molecule has 2 aliphatic heterocycles. The summed E-state index contributed by atoms with van der Waals surface area (Å²) in [5.74, 6) is 3.74. The highest BCUT2D eigenvalue weighted by molar-refractivity contribution is 7.99. The van der Waals surface area contributed by atoms with Gasteiger partial charge in [0.15, 0.2) is 0 Å². The molecule has 0 aromatic heterocycles. The number of thioether (sulfide) groups is 1. The van der Waals surface area contributed by atoms with Crippen LogP contribution in [0, 0.1) is 5.92 Å². The second-order valence-corrected chi connectivity index (χ2v) is 8.19. The average molecular weight is 297 g/mol. The molecular formula is C17H32N2S. The Balaban J connectivity index is 1.62. The van der Waals surface area contributed by atoms with Crippen molar-refractivity contribution in [2.75, 3.05) is 24.6 Å². The van der Waals surface area contributed by atoms with E-state index in [0.717, 1.165) is 24.0 Å². The first kappa shape index (κ1) is 15.2. The molecule has 3 fully saturated rings. The predicted octanol–water partition coefficient (Wildman–Crippen LogP) is 3.51. The lowest BCUT2D eigenvalue weighted by atomic mass is 9.82. The Morgan fingerprint density at radius 1 is 1.10 bits per heavy atom. The molecule has 0 amide bonds. The third kappa shape index (κ3) is 3.53. The molecule has 1 aliphatic carbocycles. The van der Waals surface area contributed by atoms with E-state index in [-0.39, 0.29) is 0 Å². The van der Waals surface area contributed by atoms with Crippen LogP contribution in [0.3, 0.4) is 0 Å². The van der Waals surface area contributed by atoms with E-state index >= 15 is 0 Å². The van der Waals surface area contributed by atoms with Crippen molar-refractivity contribution in [2.24, 2.45) is 5.92 Å². The van der Waals surface area contributed by atoms with Crippen LogP contribution < -0.4 is 5.32 Å². The molecule has 1 saturated carbocycles. The van der Waals surface area contributed by atoms with Gasteiger partial charge in [0.2, 0.25) is 0 Å². The first-order chi connectivity index (χ1) is 9.88. The van der Waals surface area contributed by atoms with Gasteiger partial charge in [0.25, 0.3) is 0 Å². The van der Waals surface area contributed by atoms with Crippen molar-refractivity contribution in [3.8, 4) is 0 Å². The number of hydrogen-bond acceptors (Lipinski definition) is 3. The van der Waals surface area contributed by atoms with Crippen molar-refractivity contribution in [1.29, 1.82) is 0 Å². The van der Waals surface area contributed by atoms with Crippen LogP contribution in [0.25, 0.3) is 0 Å². The molecule has 1 N–H and O–H groups in total. The third-order valence-electron chi connectivity index (χ3n) is 5.79. The lowest BCUT2D eigenvalue weighted by Gasteiger charge is -2.48. The number of rotatable bonds is 3. The standard InChI is InChI=1S/C17H32N2S/c1-2-15-11-18-17(14-7-4-3-5-8-14)12-19(15)16-9-6-10-20-13-16/h14-18H,2-13H2,1H3. The summed E-state index contributed by atoms with van der Waals surface area (Å²) in [6, 6.07) is 2.44. The van der Waals surface area contributed by atoms with Gasteiger partial charge in [-0.3, -0.25) is 4.90 Å². The summed E-state index contributed by atoms with van der Waals surface area (Å²) in [7, 11) is 0. The van der Waals surface area contributed by atoms with E-state index in [1.807, 2.05) is 0 Å². The first-order valence-electron chi connectivity index (χ1n) is 8.95. The maximum absolute atomic E-state index is 3.91. The Bertz CT molecular complexity index is 285. The highest BCUT2D eigenvalue weighted by Gasteiger charge is 2.35. The van der Waals surface area contributed by atoms with E-state index in [1.54, 1.807) is 0 Å². The van der Waals surface area contributed by atoms with Crippen molar-refractivity contribution >= 4 is 11.8 Å². The zero-order chi connectivity index (χ0) is 13.8. The maximum Gasteiger partial charge on any atom is 0.0224 e. The van der Waals surface area contributed by atoms with Crippen LogP contribution in [-0.4, -0.2) is 47.6 Å². The number of nitrogens with one attached hydrogen (secondary N) is 1. The smallest absolute Gasteiger partial charge is 0.0224 e. The van der Waals surface area contributed by atoms with Crippen molar-refractivity contribution in [1.82, 2.24) is 10.2 Å². The Labute approximate surface area is 129 Å². The van der Waals surface area contributed by atoms with Gasteiger partial charge >= 0.3 is 0 Å². The molecule has 0 aromatic carbocycles. The fraction of sp³-hybridized carbons (Fsp3) is 1.00. The van der Waals surface area contributed by atoms with E-state index in [4.69, 9.17) is 0 Å². The van der Waals surface area contributed by atoms with E-state index in [0.29, 0.717) is 0 Å². The molecule has 2 nitrogen and oxygen atoms in total. The fourth-order valence-corrected chi connectivity index (χ4v) is 5.68. The number of nitrogens with zero attached hydrogens (tertiary/aromatic N) is 1. The van der Waals surface area contributed by atoms with E-state index in [1.165, 1.54) is 76.0 Å². The summed E-state index contributed by atoms with van der Waals surface area (Å²) >= 11 is 2.18. The molecule has 3 unspecified atom stereocenters. The Morgan fingerprint density at radius 3 is 2.65 bits per heavy atom. The molecule has 20 heavy (non-hydrogen) atoms. The molecule has 3 atom stereocenters. The largest absolute Gasteiger partial charge is 0.311 e. The van der Waals surface area contributed by atoms with Crippen molar-refractivity contribution < 1.29 is 0 Å². The minimum absolute atomic E-state index is 0.782. The van der Waals surface area contributed by atoms with E-state index in [2.05, 4.69) is 28.9 Å². The molecule has 0 bridgehead atoms. The lowest BCUT2D eigenvalue weighted by molar-refractivity contribution is 0.0594. The molecule has 3 aliphatic rings. The van der Waals surface area contributed by atoms with Gasteiger partial charge in [-0.15, -0.1) is 0 Å². The van der Waals surface area contributed by atoms with Gasteiger partial charge in [0.05, 0.1) is 0 Å². The van der Waals surface area contributed by atoms with E-state index in [9.17, 15) is 0 Å². The Hall–Kier alpha value is 0.270.